The molecule has 1 aromatic rings. The maximum atomic E-state index is 11.6. The third-order valence-corrected chi connectivity index (χ3v) is 3.18. The van der Waals surface area contributed by atoms with Gasteiger partial charge >= 0.3 is 5.97 Å². The zero-order valence-electron chi connectivity index (χ0n) is 10.2. The molecular formula is C12H14BrClN2O2S. The Labute approximate surface area is 131 Å². The van der Waals surface area contributed by atoms with Gasteiger partial charge in [0.2, 0.25) is 0 Å². The second kappa shape index (κ2) is 9.01. The molecule has 0 bridgehead atoms. The molecule has 19 heavy (non-hydrogen) atoms. The van der Waals surface area contributed by atoms with Gasteiger partial charge in [0, 0.05) is 16.3 Å². The summed E-state index contributed by atoms with van der Waals surface area (Å²) in [7, 11) is 1.31. The van der Waals surface area contributed by atoms with Crippen molar-refractivity contribution >= 4 is 57.6 Å². The Hall–Kier alpha value is -0.980. The number of rotatable bonds is 4. The second-order valence-electron chi connectivity index (χ2n) is 3.34. The van der Waals surface area contributed by atoms with Crippen LogP contribution in [0.3, 0.4) is 0 Å². The van der Waals surface area contributed by atoms with Crippen LogP contribution in [0.15, 0.2) is 29.8 Å². The molecule has 104 valence electrons. The lowest BCUT2D eigenvalue weighted by Gasteiger charge is -2.05. The van der Waals surface area contributed by atoms with E-state index in [0.717, 1.165) is 17.3 Å². The summed E-state index contributed by atoms with van der Waals surface area (Å²) in [5, 5.41) is 7.64. The molecule has 0 unspecified atom stereocenters. The van der Waals surface area contributed by atoms with Crippen LogP contribution in [0, 0.1) is 5.41 Å². The number of carbonyl (C=O) groups excluding carboxylic acids is 1. The van der Waals surface area contributed by atoms with Crippen molar-refractivity contribution in [3.63, 3.8) is 0 Å². The second-order valence-corrected chi connectivity index (χ2v) is 4.76. The number of nitrogens with one attached hydrogen (secondary N) is 1. The monoisotopic (exact) mass is 364 g/mol. The molecule has 7 heteroatoms. The van der Waals surface area contributed by atoms with E-state index >= 15 is 0 Å². The third kappa shape index (κ3) is 6.13. The van der Waals surface area contributed by atoms with E-state index in [0.29, 0.717) is 10.6 Å². The Balaban J connectivity index is 0.00000324. The molecule has 3 N–H and O–H groups in total. The van der Waals surface area contributed by atoms with Crippen molar-refractivity contribution < 1.29 is 9.53 Å². The van der Waals surface area contributed by atoms with Gasteiger partial charge in [-0.3, -0.25) is 5.41 Å². The highest BCUT2D eigenvalue weighted by Gasteiger charge is 2.11. The van der Waals surface area contributed by atoms with Gasteiger partial charge in [0.05, 0.1) is 7.11 Å². The average molecular weight is 366 g/mol. The van der Waals surface area contributed by atoms with Crippen molar-refractivity contribution in [3.05, 3.63) is 40.4 Å². The van der Waals surface area contributed by atoms with Crippen LogP contribution < -0.4 is 5.73 Å². The Kier molecular flexibility index (Phi) is 8.54. The van der Waals surface area contributed by atoms with Crippen molar-refractivity contribution in [2.45, 2.75) is 0 Å². The molecule has 1 aromatic carbocycles. The number of amidine groups is 1. The van der Waals surface area contributed by atoms with E-state index in [4.69, 9.17) is 22.7 Å². The number of thioether (sulfide) groups is 1. The summed E-state index contributed by atoms with van der Waals surface area (Å²) < 4.78 is 4.68. The van der Waals surface area contributed by atoms with Crippen molar-refractivity contribution in [1.82, 2.24) is 0 Å². The lowest BCUT2D eigenvalue weighted by molar-refractivity contribution is -0.135. The van der Waals surface area contributed by atoms with E-state index in [2.05, 4.69) is 4.74 Å². The quantitative estimate of drug-likeness (QED) is 0.372. The van der Waals surface area contributed by atoms with Crippen LogP contribution in [0.2, 0.25) is 5.02 Å². The summed E-state index contributed by atoms with van der Waals surface area (Å²) in [5.41, 5.74) is 6.38. The minimum atomic E-state index is -0.455. The molecule has 0 radical (unpaired) electrons. The number of methoxy groups -OCH3 is 1. The van der Waals surface area contributed by atoms with Gasteiger partial charge in [-0.1, -0.05) is 41.6 Å². The van der Waals surface area contributed by atoms with Crippen molar-refractivity contribution in [2.75, 3.05) is 12.9 Å². The minimum absolute atomic E-state index is 0. The summed E-state index contributed by atoms with van der Waals surface area (Å²) >= 11 is 7.07. The molecule has 0 aliphatic rings. The van der Waals surface area contributed by atoms with E-state index in [1.807, 2.05) is 12.1 Å². The van der Waals surface area contributed by atoms with Crippen molar-refractivity contribution in [3.8, 4) is 0 Å². The number of hydrogen-bond donors (Lipinski definition) is 2. The fourth-order valence-corrected chi connectivity index (χ4v) is 1.93. The van der Waals surface area contributed by atoms with Gasteiger partial charge in [-0.25, -0.2) is 4.79 Å². The highest BCUT2D eigenvalue weighted by molar-refractivity contribution is 8.93. The van der Waals surface area contributed by atoms with Crippen LogP contribution >= 0.6 is 40.3 Å². The van der Waals surface area contributed by atoms with E-state index in [-0.39, 0.29) is 27.9 Å². The molecule has 0 saturated carbocycles. The Morgan fingerprint density at radius 2 is 2.16 bits per heavy atom. The Morgan fingerprint density at radius 1 is 1.53 bits per heavy atom. The summed E-state index contributed by atoms with van der Waals surface area (Å²) in [6.07, 6.45) is 1.64. The smallest absolute Gasteiger partial charge is 0.334 e. The van der Waals surface area contributed by atoms with Crippen LogP contribution in [-0.2, 0) is 9.53 Å². The SMILES string of the molecule is Br.COC(=O)/C(=C/c1ccccc1Cl)CSC(=N)N. The van der Waals surface area contributed by atoms with Gasteiger partial charge in [-0.05, 0) is 17.7 Å². The third-order valence-electron chi connectivity index (χ3n) is 2.07. The van der Waals surface area contributed by atoms with Gasteiger partial charge in [0.25, 0.3) is 0 Å². The molecular weight excluding hydrogens is 352 g/mol. The maximum Gasteiger partial charge on any atom is 0.334 e. The fraction of sp³-hybridized carbons (Fsp3) is 0.167. The number of halogens is 2. The van der Waals surface area contributed by atoms with Gasteiger partial charge in [0.1, 0.15) is 0 Å². The predicted octanol–water partition coefficient (Wildman–Crippen LogP) is 3.10. The van der Waals surface area contributed by atoms with E-state index in [1.54, 1.807) is 18.2 Å². The number of benzene rings is 1. The van der Waals surface area contributed by atoms with E-state index in [9.17, 15) is 4.79 Å². The molecule has 0 amide bonds. The van der Waals surface area contributed by atoms with Gasteiger partial charge in [-0.2, -0.15) is 0 Å². The highest BCUT2D eigenvalue weighted by Crippen LogP contribution is 2.20. The number of ether oxygens (including phenoxy) is 1. The lowest BCUT2D eigenvalue weighted by Crippen LogP contribution is -2.11. The molecule has 0 aliphatic carbocycles. The van der Waals surface area contributed by atoms with Gasteiger partial charge < -0.3 is 10.5 Å². The van der Waals surface area contributed by atoms with Gasteiger partial charge in [-0.15, -0.1) is 17.0 Å². The predicted molar refractivity (Wildman–Crippen MR) is 86.1 cm³/mol. The largest absolute Gasteiger partial charge is 0.466 e. The zero-order chi connectivity index (χ0) is 13.5. The summed E-state index contributed by atoms with van der Waals surface area (Å²) in [5.74, 6) is -0.184. The Morgan fingerprint density at radius 3 is 2.68 bits per heavy atom. The molecule has 4 nitrogen and oxygen atoms in total. The normalized spacial score (nSPS) is 10.5. The standard InChI is InChI=1S/C12H13ClN2O2S.BrH/c1-17-11(16)9(7-18-12(14)15)6-8-4-2-3-5-10(8)13;/h2-6H,7H2,1H3,(H3,14,15);1H/b9-6+;. The van der Waals surface area contributed by atoms with E-state index < -0.39 is 5.97 Å². The molecule has 1 rings (SSSR count). The minimum Gasteiger partial charge on any atom is -0.466 e. The molecule has 0 fully saturated rings. The van der Waals surface area contributed by atoms with Crippen LogP contribution in [-0.4, -0.2) is 24.0 Å². The highest BCUT2D eigenvalue weighted by atomic mass is 79.9. The Bertz CT molecular complexity index is 494. The number of nitrogens with two attached hydrogens (primary N) is 1. The molecule has 0 saturated heterocycles. The van der Waals surface area contributed by atoms with E-state index in [1.165, 1.54) is 7.11 Å². The van der Waals surface area contributed by atoms with Crippen molar-refractivity contribution in [1.29, 1.82) is 5.41 Å². The van der Waals surface area contributed by atoms with Crippen LogP contribution in [0.4, 0.5) is 0 Å². The lowest BCUT2D eigenvalue weighted by atomic mass is 10.1. The first-order valence-electron chi connectivity index (χ1n) is 5.05. The molecule has 0 aromatic heterocycles. The maximum absolute atomic E-state index is 11.6. The van der Waals surface area contributed by atoms with Crippen LogP contribution in [0.1, 0.15) is 5.56 Å². The first-order valence-corrected chi connectivity index (χ1v) is 6.41. The van der Waals surface area contributed by atoms with Crippen LogP contribution in [0.25, 0.3) is 6.08 Å². The average Bonchev–Trinajstić information content (AvgIpc) is 2.35. The first kappa shape index (κ1) is 18.0. The summed E-state index contributed by atoms with van der Waals surface area (Å²) in [6.45, 7) is 0. The van der Waals surface area contributed by atoms with Crippen molar-refractivity contribution in [2.24, 2.45) is 5.73 Å². The first-order chi connectivity index (χ1) is 8.54. The molecule has 0 spiro atoms. The summed E-state index contributed by atoms with van der Waals surface area (Å²) in [6, 6.07) is 7.16. The van der Waals surface area contributed by atoms with Crippen LogP contribution in [0.5, 0.6) is 0 Å². The molecule has 0 aliphatic heterocycles. The molecule has 0 heterocycles. The number of carbonyl (C=O) groups is 1. The van der Waals surface area contributed by atoms with Gasteiger partial charge in [0.15, 0.2) is 5.17 Å². The zero-order valence-corrected chi connectivity index (χ0v) is 13.5. The number of hydrogen-bond acceptors (Lipinski definition) is 4. The number of esters is 1. The fourth-order valence-electron chi connectivity index (χ4n) is 1.23. The topological polar surface area (TPSA) is 76.2 Å². The molecule has 0 atom stereocenters. The summed E-state index contributed by atoms with van der Waals surface area (Å²) in [4.78, 5) is 11.6.